The number of amides is 3. The topological polar surface area (TPSA) is 200 Å². The van der Waals surface area contributed by atoms with Crippen LogP contribution in [0.1, 0.15) is 24.5 Å². The molecule has 0 saturated carbocycles. The SMILES string of the molecule is CCNC(=O)[C@@H]1Cc2cc(ccc2O)-c2ccc(O)c(c2)C[C@H](N)C(=O)N[C@@H](C[C@@H](O)CN)C(=O)N1. The Balaban J connectivity index is 2.10. The molecule has 11 nitrogen and oxygen atoms in total. The molecule has 0 unspecified atom stereocenters. The third kappa shape index (κ3) is 6.51. The number of aliphatic hydroxyl groups excluding tert-OH is 1. The fourth-order valence-electron chi connectivity index (χ4n) is 4.06. The van der Waals surface area contributed by atoms with Crippen molar-refractivity contribution < 1.29 is 29.7 Å². The average Bonchev–Trinajstić information content (AvgIpc) is 2.85. The van der Waals surface area contributed by atoms with Crippen molar-refractivity contribution in [3.05, 3.63) is 47.5 Å². The Hall–Kier alpha value is -3.67. The van der Waals surface area contributed by atoms with Crippen molar-refractivity contribution >= 4 is 17.7 Å². The summed E-state index contributed by atoms with van der Waals surface area (Å²) in [6.45, 7) is 1.90. The number of carbonyl (C=O) groups excluding carboxylic acids is 3. The smallest absolute Gasteiger partial charge is 0.243 e. The molecule has 11 heteroatoms. The molecule has 0 fully saturated rings. The molecule has 4 atom stereocenters. The number of phenols is 2. The second-order valence-corrected chi connectivity index (χ2v) is 8.84. The fourth-order valence-corrected chi connectivity index (χ4v) is 4.06. The summed E-state index contributed by atoms with van der Waals surface area (Å²) in [4.78, 5) is 38.9. The molecule has 0 aliphatic carbocycles. The molecule has 0 saturated heterocycles. The van der Waals surface area contributed by atoms with Gasteiger partial charge in [0.1, 0.15) is 23.6 Å². The molecule has 36 heavy (non-hydrogen) atoms. The van der Waals surface area contributed by atoms with E-state index in [-0.39, 0.29) is 37.3 Å². The van der Waals surface area contributed by atoms with Crippen LogP contribution in [0.4, 0.5) is 0 Å². The van der Waals surface area contributed by atoms with E-state index in [1.54, 1.807) is 31.2 Å². The fraction of sp³-hybridized carbons (Fsp3) is 0.400. The number of aromatic hydroxyl groups is 2. The molecule has 0 spiro atoms. The summed E-state index contributed by atoms with van der Waals surface area (Å²) in [5.74, 6) is -1.97. The van der Waals surface area contributed by atoms with Gasteiger partial charge in [-0.25, -0.2) is 0 Å². The van der Waals surface area contributed by atoms with E-state index in [2.05, 4.69) is 16.0 Å². The van der Waals surface area contributed by atoms with Gasteiger partial charge >= 0.3 is 0 Å². The number of likely N-dealkylation sites (N-methyl/N-ethyl adjacent to an activating group) is 1. The van der Waals surface area contributed by atoms with E-state index in [1.807, 2.05) is 0 Å². The van der Waals surface area contributed by atoms with Gasteiger partial charge in [-0.1, -0.05) is 12.1 Å². The van der Waals surface area contributed by atoms with Crippen LogP contribution in [0.5, 0.6) is 11.5 Å². The van der Waals surface area contributed by atoms with Crippen LogP contribution in [0.25, 0.3) is 11.1 Å². The van der Waals surface area contributed by atoms with E-state index >= 15 is 0 Å². The number of fused-ring (bicyclic) bond motifs is 5. The lowest BCUT2D eigenvalue weighted by Crippen LogP contribution is -2.57. The Labute approximate surface area is 208 Å². The zero-order chi connectivity index (χ0) is 26.4. The number of carbonyl (C=O) groups is 3. The van der Waals surface area contributed by atoms with Gasteiger partial charge in [0.25, 0.3) is 0 Å². The van der Waals surface area contributed by atoms with Crippen LogP contribution in [-0.4, -0.2) is 70.4 Å². The lowest BCUT2D eigenvalue weighted by molar-refractivity contribution is -0.133. The standard InChI is InChI=1S/C25H33N5O6/c1-2-28-24(35)19-10-16-8-14(4-6-22(16)33)13-3-5-21(32)15(7-13)9-18(27)23(34)29-20(25(36)30-19)11-17(31)12-26/h3-8,17-20,31-33H,2,9-12,26-27H2,1H3,(H,28,35)(H,29,34)(H,30,36)/t17-,18+,19+,20+/m1/s1. The Morgan fingerprint density at radius 3 is 2.17 bits per heavy atom. The molecule has 4 bridgehead atoms. The second-order valence-electron chi connectivity index (χ2n) is 8.84. The first kappa shape index (κ1) is 26.9. The number of aliphatic hydroxyl groups is 1. The Bertz CT molecular complexity index is 1120. The van der Waals surface area contributed by atoms with Crippen molar-refractivity contribution in [2.24, 2.45) is 11.5 Å². The molecule has 0 aromatic heterocycles. The Kier molecular flexibility index (Phi) is 8.86. The molecule has 2 aromatic carbocycles. The maximum absolute atomic E-state index is 13.2. The molecular weight excluding hydrogens is 466 g/mol. The first-order chi connectivity index (χ1) is 17.1. The van der Waals surface area contributed by atoms with E-state index < -0.39 is 42.0 Å². The number of phenolic OH excluding ortho intramolecular Hbond substituents is 2. The average molecular weight is 500 g/mol. The summed E-state index contributed by atoms with van der Waals surface area (Å²) >= 11 is 0. The van der Waals surface area contributed by atoms with Gasteiger partial charge < -0.3 is 42.7 Å². The summed E-state index contributed by atoms with van der Waals surface area (Å²) in [6, 6.07) is 6.31. The van der Waals surface area contributed by atoms with Crippen molar-refractivity contribution in [3.63, 3.8) is 0 Å². The molecule has 3 amide bonds. The minimum atomic E-state index is -1.23. The van der Waals surface area contributed by atoms with Crippen molar-refractivity contribution in [1.82, 2.24) is 16.0 Å². The maximum Gasteiger partial charge on any atom is 0.243 e. The third-order valence-corrected chi connectivity index (χ3v) is 6.09. The highest BCUT2D eigenvalue weighted by molar-refractivity contribution is 5.93. The van der Waals surface area contributed by atoms with Crippen molar-refractivity contribution in [2.75, 3.05) is 13.1 Å². The number of hydrogen-bond acceptors (Lipinski definition) is 8. The highest BCUT2D eigenvalue weighted by Gasteiger charge is 2.30. The monoisotopic (exact) mass is 499 g/mol. The largest absolute Gasteiger partial charge is 0.508 e. The minimum Gasteiger partial charge on any atom is -0.508 e. The van der Waals surface area contributed by atoms with E-state index in [9.17, 15) is 29.7 Å². The molecule has 3 rings (SSSR count). The Morgan fingerprint density at radius 2 is 1.61 bits per heavy atom. The van der Waals surface area contributed by atoms with Gasteiger partial charge in [-0.05, 0) is 53.4 Å². The zero-order valence-corrected chi connectivity index (χ0v) is 20.0. The minimum absolute atomic E-state index is 0.0221. The summed E-state index contributed by atoms with van der Waals surface area (Å²) in [5.41, 5.74) is 13.8. The van der Waals surface area contributed by atoms with Crippen molar-refractivity contribution in [3.8, 4) is 22.6 Å². The molecular formula is C25H33N5O6. The van der Waals surface area contributed by atoms with Gasteiger partial charge in [-0.3, -0.25) is 14.4 Å². The summed E-state index contributed by atoms with van der Waals surface area (Å²) < 4.78 is 0. The van der Waals surface area contributed by atoms with Gasteiger partial charge in [0.15, 0.2) is 0 Å². The predicted molar refractivity (Wildman–Crippen MR) is 133 cm³/mol. The normalized spacial score (nSPS) is 21.4. The number of nitrogens with two attached hydrogens (primary N) is 2. The maximum atomic E-state index is 13.2. The molecule has 2 aromatic rings. The highest BCUT2D eigenvalue weighted by atomic mass is 16.3. The van der Waals surface area contributed by atoms with Gasteiger partial charge in [-0.15, -0.1) is 0 Å². The molecule has 1 aliphatic heterocycles. The number of nitrogens with one attached hydrogen (secondary N) is 3. The van der Waals surface area contributed by atoms with Crippen LogP contribution in [0.2, 0.25) is 0 Å². The first-order valence-electron chi connectivity index (χ1n) is 11.8. The van der Waals surface area contributed by atoms with Crippen LogP contribution < -0.4 is 27.4 Å². The number of hydrogen-bond donors (Lipinski definition) is 8. The van der Waals surface area contributed by atoms with Crippen molar-refractivity contribution in [1.29, 1.82) is 0 Å². The number of benzene rings is 2. The Morgan fingerprint density at radius 1 is 1.03 bits per heavy atom. The quantitative estimate of drug-likeness (QED) is 0.256. The third-order valence-electron chi connectivity index (χ3n) is 6.09. The summed E-state index contributed by atoms with van der Waals surface area (Å²) in [5, 5.41) is 38.7. The van der Waals surface area contributed by atoms with Crippen LogP contribution >= 0.6 is 0 Å². The lowest BCUT2D eigenvalue weighted by atomic mass is 9.95. The first-order valence-corrected chi connectivity index (χ1v) is 11.8. The molecule has 1 aliphatic rings. The van der Waals surface area contributed by atoms with Crippen LogP contribution in [0, 0.1) is 0 Å². The lowest BCUT2D eigenvalue weighted by Gasteiger charge is -2.25. The van der Waals surface area contributed by atoms with Crippen LogP contribution in [-0.2, 0) is 27.2 Å². The van der Waals surface area contributed by atoms with Gasteiger partial charge in [-0.2, -0.15) is 0 Å². The second kappa shape index (κ2) is 11.8. The predicted octanol–water partition coefficient (Wildman–Crippen LogP) is -0.994. The highest BCUT2D eigenvalue weighted by Crippen LogP contribution is 2.30. The molecule has 10 N–H and O–H groups in total. The van der Waals surface area contributed by atoms with Crippen molar-refractivity contribution in [2.45, 2.75) is 50.4 Å². The van der Waals surface area contributed by atoms with Gasteiger partial charge in [0.2, 0.25) is 17.7 Å². The van der Waals surface area contributed by atoms with Crippen LogP contribution in [0.15, 0.2) is 36.4 Å². The van der Waals surface area contributed by atoms with E-state index in [0.717, 1.165) is 0 Å². The van der Waals surface area contributed by atoms with Gasteiger partial charge in [0.05, 0.1) is 12.1 Å². The molecule has 0 radical (unpaired) electrons. The summed E-state index contributed by atoms with van der Waals surface area (Å²) in [7, 11) is 0. The molecule has 1 heterocycles. The van der Waals surface area contributed by atoms with E-state index in [4.69, 9.17) is 11.5 Å². The van der Waals surface area contributed by atoms with E-state index in [1.165, 1.54) is 12.1 Å². The zero-order valence-electron chi connectivity index (χ0n) is 20.0. The van der Waals surface area contributed by atoms with Gasteiger partial charge in [0, 0.05) is 32.4 Å². The molecule has 194 valence electrons. The van der Waals surface area contributed by atoms with E-state index in [0.29, 0.717) is 28.8 Å². The van der Waals surface area contributed by atoms with Crippen LogP contribution in [0.3, 0.4) is 0 Å². The number of rotatable bonds is 5. The summed E-state index contributed by atoms with van der Waals surface area (Å²) in [6.07, 6.45) is -1.36.